The Morgan fingerprint density at radius 1 is 0.640 bits per heavy atom. The predicted octanol–water partition coefficient (Wildman–Crippen LogP) is 10.8. The summed E-state index contributed by atoms with van der Waals surface area (Å²) in [6.07, 6.45) is 42.8. The Hall–Kier alpha value is -2.06. The van der Waals surface area contributed by atoms with Crippen LogP contribution in [0, 0.1) is 0 Å². The van der Waals surface area contributed by atoms with E-state index in [2.05, 4.69) is 86.8 Å². The predicted molar refractivity (Wildman–Crippen MR) is 210 cm³/mol. The zero-order valence-electron chi connectivity index (χ0n) is 32.4. The first-order chi connectivity index (χ1) is 24.1. The number of likely N-dealkylation sites (N-methyl/N-ethyl adjacent to an activating group) is 1. The summed E-state index contributed by atoms with van der Waals surface area (Å²) in [6, 6.07) is 0. The van der Waals surface area contributed by atoms with Crippen molar-refractivity contribution in [3.05, 3.63) is 72.9 Å². The van der Waals surface area contributed by atoms with Gasteiger partial charge in [0.25, 0.3) is 0 Å². The van der Waals surface area contributed by atoms with Gasteiger partial charge in [-0.15, -0.1) is 0 Å². The molecule has 0 amide bonds. The van der Waals surface area contributed by atoms with E-state index in [9.17, 15) is 14.3 Å². The number of phosphoric acid groups is 1. The normalized spacial score (nSPS) is 14.8. The fourth-order valence-corrected chi connectivity index (χ4v) is 5.29. The number of phosphoric ester groups is 1. The van der Waals surface area contributed by atoms with E-state index in [0.29, 0.717) is 24.1 Å². The smallest absolute Gasteiger partial charge is 0.457 e. The topological polar surface area (TPSA) is 91.3 Å². The maximum Gasteiger partial charge on any atom is 0.472 e. The quantitative estimate of drug-likeness (QED) is 0.0232. The number of carbonyl (C=O) groups excluding carboxylic acids is 1. The molecule has 50 heavy (non-hydrogen) atoms. The van der Waals surface area contributed by atoms with Crippen LogP contribution < -0.4 is 0 Å². The number of ether oxygens (including phenoxy) is 2. The van der Waals surface area contributed by atoms with Gasteiger partial charge in [0.2, 0.25) is 0 Å². The van der Waals surface area contributed by atoms with E-state index in [1.807, 2.05) is 21.1 Å². The minimum Gasteiger partial charge on any atom is -0.457 e. The van der Waals surface area contributed by atoms with Crippen molar-refractivity contribution in [3.8, 4) is 0 Å². The molecule has 0 aromatic carbocycles. The van der Waals surface area contributed by atoms with Crippen molar-refractivity contribution in [3.63, 3.8) is 0 Å². The molecule has 288 valence electrons. The Balaban J connectivity index is 4.08. The van der Waals surface area contributed by atoms with Crippen LogP contribution in [0.25, 0.3) is 0 Å². The zero-order chi connectivity index (χ0) is 37.0. The van der Waals surface area contributed by atoms with Crippen molar-refractivity contribution < 1.29 is 37.3 Å². The summed E-state index contributed by atoms with van der Waals surface area (Å²) in [4.78, 5) is 22.4. The molecule has 9 heteroatoms. The van der Waals surface area contributed by atoms with Gasteiger partial charge in [-0.1, -0.05) is 125 Å². The lowest BCUT2D eigenvalue weighted by atomic mass is 10.1. The second kappa shape index (κ2) is 34.0. The number of unbranched alkanes of at least 4 members (excludes halogenated alkanes) is 8. The van der Waals surface area contributed by atoms with Gasteiger partial charge in [0.1, 0.15) is 19.3 Å². The van der Waals surface area contributed by atoms with E-state index in [0.717, 1.165) is 89.9 Å². The van der Waals surface area contributed by atoms with Gasteiger partial charge < -0.3 is 18.9 Å². The minimum absolute atomic E-state index is 0.0804. The Morgan fingerprint density at radius 2 is 1.16 bits per heavy atom. The van der Waals surface area contributed by atoms with Gasteiger partial charge in [-0.2, -0.15) is 0 Å². The molecule has 0 radical (unpaired) electrons. The average Bonchev–Trinajstić information content (AvgIpc) is 3.06. The first kappa shape index (κ1) is 47.9. The molecular weight excluding hydrogens is 649 g/mol. The minimum atomic E-state index is -4.26. The summed E-state index contributed by atoms with van der Waals surface area (Å²) in [5, 5.41) is 0. The summed E-state index contributed by atoms with van der Waals surface area (Å²) in [7, 11) is 1.64. The molecule has 0 aliphatic rings. The average molecular weight is 723 g/mol. The van der Waals surface area contributed by atoms with Gasteiger partial charge in [-0.05, 0) is 64.2 Å². The van der Waals surface area contributed by atoms with Gasteiger partial charge in [0.05, 0.1) is 34.4 Å². The second-order valence-electron chi connectivity index (χ2n) is 13.6. The lowest BCUT2D eigenvalue weighted by molar-refractivity contribution is -0.870. The van der Waals surface area contributed by atoms with Crippen LogP contribution in [-0.2, 0) is 27.9 Å². The molecular formula is C41H73NO7P+. The summed E-state index contributed by atoms with van der Waals surface area (Å²) >= 11 is 0. The van der Waals surface area contributed by atoms with Gasteiger partial charge >= 0.3 is 13.8 Å². The van der Waals surface area contributed by atoms with Crippen molar-refractivity contribution in [2.75, 3.05) is 54.1 Å². The second-order valence-corrected chi connectivity index (χ2v) is 15.0. The number of esters is 1. The van der Waals surface area contributed by atoms with Crippen LogP contribution in [0.5, 0.6) is 0 Å². The molecule has 2 unspecified atom stereocenters. The Bertz CT molecular complexity index is 1030. The molecule has 0 aliphatic carbocycles. The molecule has 2 atom stereocenters. The standard InChI is InChI=1S/C41H72NO7P/c1-6-8-10-12-13-14-15-16-17-18-19-20-21-22-23-24-25-26-27-28-29-30-31-33-36-46-38-40(49-41(43)34-32-11-9-7-2)39-48-50(44,45)47-37-35-42(3,4)5/h8,10,13-14,16-17,19-20,22-23,25-26,40H,6-7,9,11-12,15,18,21,24,27-39H2,1-5H3/p+1/b10-8-,14-13-,17-16-,20-19-,23-22-,26-25-. The number of carbonyl (C=O) groups is 1. The van der Waals surface area contributed by atoms with Crippen molar-refractivity contribution in [1.82, 2.24) is 0 Å². The highest BCUT2D eigenvalue weighted by molar-refractivity contribution is 7.47. The highest BCUT2D eigenvalue weighted by Crippen LogP contribution is 2.43. The van der Waals surface area contributed by atoms with Crippen LogP contribution in [0.4, 0.5) is 0 Å². The third-order valence-corrected chi connectivity index (χ3v) is 8.52. The van der Waals surface area contributed by atoms with Crippen LogP contribution in [0.3, 0.4) is 0 Å². The maximum atomic E-state index is 12.4. The summed E-state index contributed by atoms with van der Waals surface area (Å²) < 4.78 is 34.5. The van der Waals surface area contributed by atoms with Crippen LogP contribution >= 0.6 is 7.82 Å². The van der Waals surface area contributed by atoms with Crippen molar-refractivity contribution in [1.29, 1.82) is 0 Å². The maximum absolute atomic E-state index is 12.4. The van der Waals surface area contributed by atoms with Gasteiger partial charge in [-0.25, -0.2) is 4.57 Å². The van der Waals surface area contributed by atoms with Gasteiger partial charge in [0, 0.05) is 13.0 Å². The molecule has 1 N–H and O–H groups in total. The molecule has 0 aromatic rings. The molecule has 8 nitrogen and oxygen atoms in total. The highest BCUT2D eigenvalue weighted by atomic mass is 31.2. The molecule has 0 saturated heterocycles. The molecule has 0 rings (SSSR count). The molecule has 0 heterocycles. The van der Waals surface area contributed by atoms with Crippen LogP contribution in [-0.4, -0.2) is 75.6 Å². The summed E-state index contributed by atoms with van der Waals surface area (Å²) in [5.41, 5.74) is 0. The van der Waals surface area contributed by atoms with Crippen LogP contribution in [0.15, 0.2) is 72.9 Å². The Morgan fingerprint density at radius 3 is 1.72 bits per heavy atom. The lowest BCUT2D eigenvalue weighted by Gasteiger charge is -2.24. The number of quaternary nitrogens is 1. The summed E-state index contributed by atoms with van der Waals surface area (Å²) in [6.45, 7) is 5.30. The van der Waals surface area contributed by atoms with E-state index >= 15 is 0 Å². The third-order valence-electron chi connectivity index (χ3n) is 7.53. The van der Waals surface area contributed by atoms with E-state index in [4.69, 9.17) is 18.5 Å². The summed E-state index contributed by atoms with van der Waals surface area (Å²) in [5.74, 6) is -0.344. The fourth-order valence-electron chi connectivity index (χ4n) is 4.55. The number of hydrogen-bond acceptors (Lipinski definition) is 6. The number of allylic oxidation sites excluding steroid dienone is 12. The first-order valence-corrected chi connectivity index (χ1v) is 20.7. The van der Waals surface area contributed by atoms with E-state index in [-0.39, 0.29) is 25.8 Å². The number of nitrogens with zero attached hydrogens (tertiary/aromatic N) is 1. The fraction of sp³-hybridized carbons (Fsp3) is 0.683. The lowest BCUT2D eigenvalue weighted by Crippen LogP contribution is -2.37. The van der Waals surface area contributed by atoms with Crippen molar-refractivity contribution in [2.24, 2.45) is 0 Å². The van der Waals surface area contributed by atoms with Crippen molar-refractivity contribution >= 4 is 13.8 Å². The molecule has 0 fully saturated rings. The third kappa shape index (κ3) is 37.2. The monoisotopic (exact) mass is 723 g/mol. The molecule has 0 aliphatic heterocycles. The first-order valence-electron chi connectivity index (χ1n) is 19.2. The van der Waals surface area contributed by atoms with Gasteiger partial charge in [0.15, 0.2) is 0 Å². The number of rotatable bonds is 34. The SMILES string of the molecule is CC/C=C\C/C=C\C/C=C\C/C=C\C/C=C\C/C=C\CCCCCCCOCC(COP(=O)(O)OCC[N+](C)(C)C)OC(=O)CCCCCC. The molecule has 0 spiro atoms. The van der Waals surface area contributed by atoms with E-state index in [1.165, 1.54) is 12.8 Å². The Labute approximate surface area is 306 Å². The van der Waals surface area contributed by atoms with E-state index in [1.54, 1.807) is 0 Å². The van der Waals surface area contributed by atoms with Crippen molar-refractivity contribution in [2.45, 2.75) is 129 Å². The van der Waals surface area contributed by atoms with E-state index < -0.39 is 13.9 Å². The molecule has 0 bridgehead atoms. The largest absolute Gasteiger partial charge is 0.472 e. The highest BCUT2D eigenvalue weighted by Gasteiger charge is 2.26. The van der Waals surface area contributed by atoms with Gasteiger partial charge in [-0.3, -0.25) is 13.8 Å². The Kier molecular flexibility index (Phi) is 32.6. The zero-order valence-corrected chi connectivity index (χ0v) is 33.2. The van der Waals surface area contributed by atoms with Crippen LogP contribution in [0.2, 0.25) is 0 Å². The van der Waals surface area contributed by atoms with Crippen LogP contribution in [0.1, 0.15) is 123 Å². The number of hydrogen-bond donors (Lipinski definition) is 1. The molecule has 0 saturated carbocycles. The molecule has 0 aromatic heterocycles.